The van der Waals surface area contributed by atoms with Crippen LogP contribution in [0.1, 0.15) is 24.5 Å². The summed E-state index contributed by atoms with van der Waals surface area (Å²) in [5.41, 5.74) is 1.66. The molecule has 2 aromatic heterocycles. The van der Waals surface area contributed by atoms with E-state index in [1.165, 1.54) is 27.9 Å². The Morgan fingerprint density at radius 3 is 2.73 bits per heavy atom. The van der Waals surface area contributed by atoms with E-state index in [1.807, 2.05) is 56.3 Å². The van der Waals surface area contributed by atoms with Gasteiger partial charge in [0, 0.05) is 30.9 Å². The largest absolute Gasteiger partial charge is 0.382 e. The average Bonchev–Trinajstić information content (AvgIpc) is 3.08. The molecule has 0 radical (unpaired) electrons. The molecular weight excluding hydrogens is 474 g/mol. The van der Waals surface area contributed by atoms with Crippen molar-refractivity contribution in [2.45, 2.75) is 30.2 Å². The first-order chi connectivity index (χ1) is 16.0. The third-order valence-corrected chi connectivity index (χ3v) is 7.42. The van der Waals surface area contributed by atoms with Gasteiger partial charge in [-0.1, -0.05) is 60.0 Å². The number of thioether (sulfide) groups is 1. The highest BCUT2D eigenvalue weighted by Crippen LogP contribution is 2.35. The lowest BCUT2D eigenvalue weighted by Gasteiger charge is -2.14. The molecule has 1 saturated heterocycles. The molecule has 0 unspecified atom stereocenters. The van der Waals surface area contributed by atoms with Gasteiger partial charge < -0.3 is 4.74 Å². The summed E-state index contributed by atoms with van der Waals surface area (Å²) in [4.78, 5) is 34.3. The van der Waals surface area contributed by atoms with Crippen molar-refractivity contribution in [2.24, 2.45) is 0 Å². The third kappa shape index (κ3) is 5.22. The highest BCUT2D eigenvalue weighted by molar-refractivity contribution is 8.26. The Hall–Kier alpha value is -2.46. The molecule has 3 aromatic rings. The van der Waals surface area contributed by atoms with Gasteiger partial charge in [-0.25, -0.2) is 4.98 Å². The molecule has 4 rings (SSSR count). The number of carbonyl (C=O) groups excluding carboxylic acids is 1. The van der Waals surface area contributed by atoms with Crippen LogP contribution in [-0.2, 0) is 9.53 Å². The monoisotopic (exact) mass is 497 g/mol. The number of thiocarbonyl (C=S) groups is 1. The summed E-state index contributed by atoms with van der Waals surface area (Å²) in [5.74, 6) is -0.189. The summed E-state index contributed by atoms with van der Waals surface area (Å²) >= 11 is 8.06. The molecule has 1 aliphatic rings. The molecule has 9 heteroatoms. The maximum Gasteiger partial charge on any atom is 0.266 e. The molecule has 0 N–H and O–H groups in total. The van der Waals surface area contributed by atoms with Crippen LogP contribution in [0, 0.1) is 6.92 Å². The van der Waals surface area contributed by atoms with Crippen LogP contribution >= 0.6 is 35.7 Å². The van der Waals surface area contributed by atoms with Gasteiger partial charge in [0.25, 0.3) is 11.5 Å². The van der Waals surface area contributed by atoms with E-state index in [-0.39, 0.29) is 11.5 Å². The van der Waals surface area contributed by atoms with Crippen molar-refractivity contribution in [3.8, 4) is 0 Å². The van der Waals surface area contributed by atoms with Crippen LogP contribution < -0.4 is 5.56 Å². The van der Waals surface area contributed by atoms with Crippen molar-refractivity contribution in [2.75, 3.05) is 19.8 Å². The van der Waals surface area contributed by atoms with Gasteiger partial charge in [0.15, 0.2) is 0 Å². The van der Waals surface area contributed by atoms with Crippen LogP contribution in [-0.4, -0.2) is 44.3 Å². The van der Waals surface area contributed by atoms with Crippen molar-refractivity contribution < 1.29 is 9.53 Å². The van der Waals surface area contributed by atoms with Crippen molar-refractivity contribution in [3.05, 3.63) is 75.0 Å². The lowest BCUT2D eigenvalue weighted by Crippen LogP contribution is -2.29. The zero-order valence-corrected chi connectivity index (χ0v) is 20.8. The minimum atomic E-state index is -0.219. The fraction of sp³-hybridized carbons (Fsp3) is 0.250. The number of pyridine rings is 1. The maximum atomic E-state index is 13.5. The minimum Gasteiger partial charge on any atom is -0.382 e. The van der Waals surface area contributed by atoms with E-state index >= 15 is 0 Å². The van der Waals surface area contributed by atoms with E-state index in [0.29, 0.717) is 51.6 Å². The van der Waals surface area contributed by atoms with E-state index in [2.05, 4.69) is 0 Å². The normalized spacial score (nSPS) is 15.2. The molecule has 0 bridgehead atoms. The van der Waals surface area contributed by atoms with Crippen LogP contribution in [0.5, 0.6) is 0 Å². The van der Waals surface area contributed by atoms with Crippen molar-refractivity contribution >= 4 is 57.7 Å². The number of nitrogens with zero attached hydrogens (tertiary/aromatic N) is 3. The number of hydrogen-bond donors (Lipinski definition) is 0. The number of benzene rings is 1. The molecule has 3 heterocycles. The molecule has 0 saturated carbocycles. The van der Waals surface area contributed by atoms with E-state index in [1.54, 1.807) is 17.2 Å². The molecule has 1 aliphatic heterocycles. The van der Waals surface area contributed by atoms with E-state index in [4.69, 9.17) is 21.9 Å². The first kappa shape index (κ1) is 23.7. The quantitative estimate of drug-likeness (QED) is 0.192. The summed E-state index contributed by atoms with van der Waals surface area (Å²) in [6.45, 7) is 5.55. The Balaban J connectivity index is 1.75. The van der Waals surface area contributed by atoms with Gasteiger partial charge in [0.1, 0.15) is 15.0 Å². The molecule has 33 heavy (non-hydrogen) atoms. The molecule has 1 amide bonds. The van der Waals surface area contributed by atoms with E-state index in [0.717, 1.165) is 10.5 Å². The summed E-state index contributed by atoms with van der Waals surface area (Å²) < 4.78 is 7.38. The van der Waals surface area contributed by atoms with Crippen LogP contribution in [0.4, 0.5) is 0 Å². The number of carbonyl (C=O) groups is 1. The second kappa shape index (κ2) is 10.6. The standard InChI is InChI=1S/C24H23N3O3S3/c1-3-30-14-8-13-27-23(29)19(33-24(27)31)15-18-21(32-17-10-5-4-6-11-17)25-20-16(2)9-7-12-26(20)22(18)28/h4-7,9-12,15H,3,8,13-14H2,1-2H3. The topological polar surface area (TPSA) is 63.9 Å². The van der Waals surface area contributed by atoms with Crippen molar-refractivity contribution in [3.63, 3.8) is 0 Å². The molecule has 1 fully saturated rings. The van der Waals surface area contributed by atoms with Gasteiger partial charge in [-0.15, -0.1) is 0 Å². The Morgan fingerprint density at radius 2 is 1.97 bits per heavy atom. The van der Waals surface area contributed by atoms with Crippen LogP contribution in [0.25, 0.3) is 11.7 Å². The molecule has 6 nitrogen and oxygen atoms in total. The first-order valence-electron chi connectivity index (χ1n) is 10.6. The van der Waals surface area contributed by atoms with Crippen LogP contribution in [0.2, 0.25) is 0 Å². The fourth-order valence-electron chi connectivity index (χ4n) is 3.39. The Labute approximate surface area is 206 Å². The molecule has 0 spiro atoms. The number of fused-ring (bicyclic) bond motifs is 1. The number of aromatic nitrogens is 2. The molecule has 1 aromatic carbocycles. The minimum absolute atomic E-state index is 0.189. The number of rotatable bonds is 8. The fourth-order valence-corrected chi connectivity index (χ4v) is 5.58. The van der Waals surface area contributed by atoms with Gasteiger partial charge in [-0.2, -0.15) is 0 Å². The predicted molar refractivity (Wildman–Crippen MR) is 138 cm³/mol. The van der Waals surface area contributed by atoms with E-state index < -0.39 is 0 Å². The lowest BCUT2D eigenvalue weighted by molar-refractivity contribution is -0.122. The Bertz CT molecular complexity index is 1290. The van der Waals surface area contributed by atoms with Gasteiger partial charge in [0.05, 0.1) is 10.5 Å². The number of aryl methyl sites for hydroxylation is 1. The lowest BCUT2D eigenvalue weighted by atomic mass is 10.2. The van der Waals surface area contributed by atoms with Crippen molar-refractivity contribution in [1.29, 1.82) is 0 Å². The van der Waals surface area contributed by atoms with Gasteiger partial charge in [0.2, 0.25) is 0 Å². The molecule has 0 atom stereocenters. The van der Waals surface area contributed by atoms with E-state index in [9.17, 15) is 9.59 Å². The highest BCUT2D eigenvalue weighted by atomic mass is 32.2. The SMILES string of the molecule is CCOCCCN1C(=O)C(=Cc2c(Sc3ccccc3)nc3c(C)cccn3c2=O)SC1=S. The second-order valence-electron chi connectivity index (χ2n) is 7.32. The number of hydrogen-bond acceptors (Lipinski definition) is 7. The third-order valence-electron chi connectivity index (χ3n) is 5.03. The maximum absolute atomic E-state index is 13.5. The second-order valence-corrected chi connectivity index (χ2v) is 10.1. The smallest absolute Gasteiger partial charge is 0.266 e. The summed E-state index contributed by atoms with van der Waals surface area (Å²) in [5, 5.41) is 0.558. The predicted octanol–water partition coefficient (Wildman–Crippen LogP) is 4.78. The number of ether oxygens (including phenoxy) is 1. The number of amides is 1. The van der Waals surface area contributed by atoms with Gasteiger partial charge in [-0.05, 0) is 50.1 Å². The van der Waals surface area contributed by atoms with Gasteiger partial charge >= 0.3 is 0 Å². The summed E-state index contributed by atoms with van der Waals surface area (Å²) in [6.07, 6.45) is 4.03. The Kier molecular flexibility index (Phi) is 7.64. The van der Waals surface area contributed by atoms with Gasteiger partial charge in [-0.3, -0.25) is 18.9 Å². The van der Waals surface area contributed by atoms with Crippen molar-refractivity contribution in [1.82, 2.24) is 14.3 Å². The molecular formula is C24H23N3O3S3. The summed E-state index contributed by atoms with van der Waals surface area (Å²) in [6, 6.07) is 13.5. The van der Waals surface area contributed by atoms with Crippen LogP contribution in [0.15, 0.2) is 68.3 Å². The highest BCUT2D eigenvalue weighted by Gasteiger charge is 2.32. The zero-order chi connectivity index (χ0) is 23.4. The average molecular weight is 498 g/mol. The summed E-state index contributed by atoms with van der Waals surface area (Å²) in [7, 11) is 0. The van der Waals surface area contributed by atoms with Crippen LogP contribution in [0.3, 0.4) is 0 Å². The Morgan fingerprint density at radius 1 is 1.18 bits per heavy atom. The zero-order valence-electron chi connectivity index (χ0n) is 18.3. The molecule has 0 aliphatic carbocycles. The first-order valence-corrected chi connectivity index (χ1v) is 12.6. The molecule has 170 valence electrons.